The van der Waals surface area contributed by atoms with Gasteiger partial charge in [0.25, 0.3) is 0 Å². The molecule has 4 aliphatic carbocycles. The molecule has 29 heavy (non-hydrogen) atoms. The summed E-state index contributed by atoms with van der Waals surface area (Å²) in [6.45, 7) is 7.70. The zero-order valence-electron chi connectivity index (χ0n) is 18.7. The first-order valence-electron chi connectivity index (χ1n) is 12.3. The van der Waals surface area contributed by atoms with Gasteiger partial charge in [0.05, 0.1) is 6.61 Å². The Bertz CT molecular complexity index is 691. The SMILES string of the molecule is C[C@H](CCCOS(=O)(=O)O)[C@H]1CCC2C3CC[C@@H]4CCCC[C@]4(C)C3CC[C@@]21C. The number of rotatable bonds is 6. The lowest BCUT2D eigenvalue weighted by atomic mass is 9.44. The van der Waals surface area contributed by atoms with Crippen LogP contribution in [-0.4, -0.2) is 19.6 Å². The van der Waals surface area contributed by atoms with E-state index in [-0.39, 0.29) is 6.61 Å². The van der Waals surface area contributed by atoms with Gasteiger partial charge in [-0.05, 0) is 111 Å². The van der Waals surface area contributed by atoms with Crippen molar-refractivity contribution in [2.24, 2.45) is 46.3 Å². The third-order valence-electron chi connectivity index (χ3n) is 10.4. The second kappa shape index (κ2) is 8.09. The maximum absolute atomic E-state index is 10.8. The van der Waals surface area contributed by atoms with Crippen LogP contribution in [0, 0.1) is 46.3 Å². The highest BCUT2D eigenvalue weighted by Gasteiger charge is 2.59. The molecule has 168 valence electrons. The molecule has 0 aromatic carbocycles. The average Bonchev–Trinajstić information content (AvgIpc) is 3.01. The second-order valence-electron chi connectivity index (χ2n) is 11.5. The Morgan fingerprint density at radius 3 is 2.48 bits per heavy atom. The third kappa shape index (κ3) is 4.05. The summed E-state index contributed by atoms with van der Waals surface area (Å²) in [5, 5.41) is 0. The van der Waals surface area contributed by atoms with Gasteiger partial charge < -0.3 is 0 Å². The molecule has 4 nitrogen and oxygen atoms in total. The Kier molecular flexibility index (Phi) is 6.16. The van der Waals surface area contributed by atoms with E-state index in [9.17, 15) is 8.42 Å². The van der Waals surface area contributed by atoms with E-state index in [0.29, 0.717) is 23.2 Å². The van der Waals surface area contributed by atoms with Gasteiger partial charge in [-0.3, -0.25) is 4.55 Å². The van der Waals surface area contributed by atoms with Crippen molar-refractivity contribution in [1.29, 1.82) is 0 Å². The zero-order chi connectivity index (χ0) is 20.9. The number of hydrogen-bond acceptors (Lipinski definition) is 3. The van der Waals surface area contributed by atoms with Crippen LogP contribution < -0.4 is 0 Å². The van der Waals surface area contributed by atoms with Crippen molar-refractivity contribution in [1.82, 2.24) is 0 Å². The van der Waals surface area contributed by atoms with Crippen molar-refractivity contribution < 1.29 is 17.2 Å². The van der Waals surface area contributed by atoms with Gasteiger partial charge in [0, 0.05) is 0 Å². The molecule has 0 aliphatic heterocycles. The minimum absolute atomic E-state index is 0.0977. The summed E-state index contributed by atoms with van der Waals surface area (Å²) < 4.78 is 34.8. The Balaban J connectivity index is 1.41. The molecule has 8 atom stereocenters. The highest BCUT2D eigenvalue weighted by atomic mass is 32.3. The highest BCUT2D eigenvalue weighted by molar-refractivity contribution is 7.80. The van der Waals surface area contributed by atoms with E-state index in [1.165, 1.54) is 64.2 Å². The van der Waals surface area contributed by atoms with E-state index in [1.54, 1.807) is 0 Å². The minimum Gasteiger partial charge on any atom is -0.264 e. The van der Waals surface area contributed by atoms with Gasteiger partial charge in [-0.1, -0.05) is 33.6 Å². The molecule has 0 amide bonds. The van der Waals surface area contributed by atoms with Crippen molar-refractivity contribution >= 4 is 10.4 Å². The molecular weight excluding hydrogens is 384 g/mol. The third-order valence-corrected chi connectivity index (χ3v) is 10.8. The van der Waals surface area contributed by atoms with Crippen LogP contribution in [-0.2, 0) is 14.6 Å². The Hall–Kier alpha value is -0.130. The number of fused-ring (bicyclic) bond motifs is 5. The lowest BCUT2D eigenvalue weighted by Gasteiger charge is -2.61. The fraction of sp³-hybridized carbons (Fsp3) is 1.00. The quantitative estimate of drug-likeness (QED) is 0.401. The summed E-state index contributed by atoms with van der Waals surface area (Å²) in [4.78, 5) is 0. The van der Waals surface area contributed by atoms with Gasteiger partial charge in [-0.25, -0.2) is 4.18 Å². The molecule has 0 aromatic rings. The summed E-state index contributed by atoms with van der Waals surface area (Å²) in [7, 11) is -4.30. The van der Waals surface area contributed by atoms with Crippen LogP contribution in [0.15, 0.2) is 0 Å². The van der Waals surface area contributed by atoms with Gasteiger partial charge in [0.15, 0.2) is 0 Å². The molecular formula is C24H42O4S. The monoisotopic (exact) mass is 426 g/mol. The molecule has 0 radical (unpaired) electrons. The first-order chi connectivity index (χ1) is 13.7. The second-order valence-corrected chi connectivity index (χ2v) is 12.6. The molecule has 0 aromatic heterocycles. The summed E-state index contributed by atoms with van der Waals surface area (Å²) in [5.41, 5.74) is 1.07. The maximum atomic E-state index is 10.8. The Labute approximate surface area is 178 Å². The summed E-state index contributed by atoms with van der Waals surface area (Å²) in [6, 6.07) is 0. The van der Waals surface area contributed by atoms with E-state index in [1.807, 2.05) is 0 Å². The summed E-state index contributed by atoms with van der Waals surface area (Å²) in [6.07, 6.45) is 16.0. The minimum atomic E-state index is -4.30. The standard InChI is InChI=1S/C24H42O4S/c1-17(7-6-16-28-29(25,26)27)20-11-12-21-19-10-9-18-8-4-5-14-23(18,2)22(19)13-15-24(20,21)3/h17-22H,4-16H2,1-3H3,(H,25,26,27)/t17-,18+,19?,20-,21?,22?,23+,24-/m1/s1. The fourth-order valence-electron chi connectivity index (χ4n) is 9.04. The molecule has 4 fully saturated rings. The fourth-order valence-corrected chi connectivity index (χ4v) is 9.37. The molecule has 0 saturated heterocycles. The largest absolute Gasteiger partial charge is 0.397 e. The van der Waals surface area contributed by atoms with E-state index >= 15 is 0 Å². The van der Waals surface area contributed by atoms with Gasteiger partial charge in [0.2, 0.25) is 0 Å². The van der Waals surface area contributed by atoms with Crippen LogP contribution in [0.5, 0.6) is 0 Å². The molecule has 3 unspecified atom stereocenters. The molecule has 4 rings (SSSR count). The van der Waals surface area contributed by atoms with Gasteiger partial charge in [-0.15, -0.1) is 0 Å². The Morgan fingerprint density at radius 1 is 0.966 bits per heavy atom. The van der Waals surface area contributed by atoms with Crippen LogP contribution in [0.25, 0.3) is 0 Å². The first-order valence-corrected chi connectivity index (χ1v) is 13.6. The molecule has 1 N–H and O–H groups in total. The van der Waals surface area contributed by atoms with Crippen LogP contribution in [0.4, 0.5) is 0 Å². The van der Waals surface area contributed by atoms with Crippen molar-refractivity contribution in [2.75, 3.05) is 6.61 Å². The van der Waals surface area contributed by atoms with Crippen molar-refractivity contribution in [3.63, 3.8) is 0 Å². The van der Waals surface area contributed by atoms with Crippen LogP contribution >= 0.6 is 0 Å². The zero-order valence-corrected chi connectivity index (χ0v) is 19.6. The van der Waals surface area contributed by atoms with Crippen LogP contribution in [0.1, 0.15) is 97.8 Å². The lowest BCUT2D eigenvalue weighted by Crippen LogP contribution is -2.53. The van der Waals surface area contributed by atoms with Gasteiger partial charge in [-0.2, -0.15) is 8.42 Å². The highest BCUT2D eigenvalue weighted by Crippen LogP contribution is 2.68. The predicted molar refractivity (Wildman–Crippen MR) is 116 cm³/mol. The predicted octanol–water partition coefficient (Wildman–Crippen LogP) is 6.27. The Morgan fingerprint density at radius 2 is 1.72 bits per heavy atom. The summed E-state index contributed by atoms with van der Waals surface area (Å²) >= 11 is 0. The topological polar surface area (TPSA) is 63.6 Å². The van der Waals surface area contributed by atoms with Gasteiger partial charge >= 0.3 is 10.4 Å². The van der Waals surface area contributed by atoms with E-state index in [4.69, 9.17) is 4.55 Å². The van der Waals surface area contributed by atoms with Gasteiger partial charge in [0.1, 0.15) is 0 Å². The molecule has 5 heteroatoms. The smallest absolute Gasteiger partial charge is 0.264 e. The van der Waals surface area contributed by atoms with Crippen molar-refractivity contribution in [3.05, 3.63) is 0 Å². The van der Waals surface area contributed by atoms with Crippen molar-refractivity contribution in [2.45, 2.75) is 97.8 Å². The maximum Gasteiger partial charge on any atom is 0.397 e. The molecule has 4 aliphatic rings. The molecule has 4 saturated carbocycles. The van der Waals surface area contributed by atoms with Crippen molar-refractivity contribution in [3.8, 4) is 0 Å². The lowest BCUT2D eigenvalue weighted by molar-refractivity contribution is -0.114. The number of hydrogen-bond donors (Lipinski definition) is 1. The first kappa shape index (κ1) is 22.1. The molecule has 0 heterocycles. The van der Waals surface area contributed by atoms with E-state index < -0.39 is 10.4 Å². The normalized spacial score (nSPS) is 45.9. The summed E-state index contributed by atoms with van der Waals surface area (Å²) in [5.74, 6) is 5.11. The molecule has 0 bridgehead atoms. The van der Waals surface area contributed by atoms with Crippen LogP contribution in [0.2, 0.25) is 0 Å². The van der Waals surface area contributed by atoms with E-state index in [0.717, 1.165) is 36.0 Å². The average molecular weight is 427 g/mol. The van der Waals surface area contributed by atoms with E-state index in [2.05, 4.69) is 25.0 Å². The molecule has 0 spiro atoms. The van der Waals surface area contributed by atoms with Crippen LogP contribution in [0.3, 0.4) is 0 Å².